The molecule has 1 heterocycles. The van der Waals surface area contributed by atoms with E-state index in [1.165, 1.54) is 0 Å². The lowest BCUT2D eigenvalue weighted by Crippen LogP contribution is -2.38. The van der Waals surface area contributed by atoms with Crippen molar-refractivity contribution in [2.24, 2.45) is 5.73 Å². The Kier molecular flexibility index (Phi) is 5.05. The summed E-state index contributed by atoms with van der Waals surface area (Å²) in [5, 5.41) is 0. The first kappa shape index (κ1) is 17.0. The summed E-state index contributed by atoms with van der Waals surface area (Å²) in [7, 11) is 1.61. The first-order chi connectivity index (χ1) is 12.1. The topological polar surface area (TPSA) is 64.8 Å². The highest BCUT2D eigenvalue weighted by Gasteiger charge is 2.30. The third-order valence-electron chi connectivity index (χ3n) is 4.06. The molecule has 3 rings (SSSR count). The zero-order chi connectivity index (χ0) is 17.8. The van der Waals surface area contributed by atoms with Crippen LogP contribution in [0.4, 0.5) is 5.69 Å². The van der Waals surface area contributed by atoms with Gasteiger partial charge in [0.1, 0.15) is 5.75 Å². The van der Waals surface area contributed by atoms with Crippen molar-refractivity contribution in [3.05, 3.63) is 59.4 Å². The third-order valence-corrected chi connectivity index (χ3v) is 4.06. The van der Waals surface area contributed by atoms with Crippen molar-refractivity contribution in [1.29, 1.82) is 0 Å². The van der Waals surface area contributed by atoms with Gasteiger partial charge >= 0.3 is 0 Å². The predicted octanol–water partition coefficient (Wildman–Crippen LogP) is 3.12. The molecule has 2 N–H and O–H groups in total. The standard InChI is InChI=1S/C20H22N2O3/c1-14-7-8-18-17(11-14)22(10-4-9-21)20(23)19(25-18)13-15-5-3-6-16(12-15)24-2/h3,5-8,11-13H,4,9-10,21H2,1-2H3/b19-13+. The van der Waals surface area contributed by atoms with Crippen molar-refractivity contribution in [2.75, 3.05) is 25.1 Å². The number of benzene rings is 2. The maximum Gasteiger partial charge on any atom is 0.294 e. The molecular formula is C20H22N2O3. The van der Waals surface area contributed by atoms with Crippen molar-refractivity contribution in [1.82, 2.24) is 0 Å². The number of nitrogens with zero attached hydrogens (tertiary/aromatic N) is 1. The van der Waals surface area contributed by atoms with Crippen LogP contribution in [0.25, 0.3) is 6.08 Å². The molecule has 0 radical (unpaired) electrons. The van der Waals surface area contributed by atoms with Gasteiger partial charge in [-0.25, -0.2) is 0 Å². The first-order valence-electron chi connectivity index (χ1n) is 8.28. The normalized spacial score (nSPS) is 15.1. The van der Waals surface area contributed by atoms with E-state index in [1.807, 2.05) is 49.4 Å². The fourth-order valence-corrected chi connectivity index (χ4v) is 2.77. The second-order valence-electron chi connectivity index (χ2n) is 5.96. The fraction of sp³-hybridized carbons (Fsp3) is 0.250. The van der Waals surface area contributed by atoms with Crippen molar-refractivity contribution >= 4 is 17.7 Å². The molecule has 0 fully saturated rings. The summed E-state index contributed by atoms with van der Waals surface area (Å²) in [6.45, 7) is 3.08. The number of rotatable bonds is 5. The summed E-state index contributed by atoms with van der Waals surface area (Å²) in [5.74, 6) is 1.54. The molecule has 0 saturated heterocycles. The minimum atomic E-state index is -0.158. The summed E-state index contributed by atoms with van der Waals surface area (Å²) in [5.41, 5.74) is 8.35. The van der Waals surface area contributed by atoms with Crippen molar-refractivity contribution in [2.45, 2.75) is 13.3 Å². The maximum absolute atomic E-state index is 12.9. The van der Waals surface area contributed by atoms with Crippen LogP contribution in [0, 0.1) is 6.92 Å². The Labute approximate surface area is 147 Å². The fourth-order valence-electron chi connectivity index (χ4n) is 2.77. The van der Waals surface area contributed by atoms with Crippen LogP contribution >= 0.6 is 0 Å². The van der Waals surface area contributed by atoms with Gasteiger partial charge in [-0.15, -0.1) is 0 Å². The van der Waals surface area contributed by atoms with Crippen LogP contribution in [0.3, 0.4) is 0 Å². The Bertz CT molecular complexity index is 814. The van der Waals surface area contributed by atoms with E-state index in [1.54, 1.807) is 18.1 Å². The maximum atomic E-state index is 12.9. The molecule has 0 spiro atoms. The van der Waals surface area contributed by atoms with Gasteiger partial charge in [0, 0.05) is 6.54 Å². The molecule has 5 heteroatoms. The van der Waals surface area contributed by atoms with Gasteiger partial charge in [-0.3, -0.25) is 4.79 Å². The number of carbonyl (C=O) groups is 1. The van der Waals surface area contributed by atoms with Gasteiger partial charge in [-0.2, -0.15) is 0 Å². The number of anilines is 1. The van der Waals surface area contributed by atoms with E-state index in [9.17, 15) is 4.79 Å². The minimum Gasteiger partial charge on any atom is -0.497 e. The Morgan fingerprint density at radius 1 is 1.24 bits per heavy atom. The average molecular weight is 338 g/mol. The summed E-state index contributed by atoms with van der Waals surface area (Å²) in [4.78, 5) is 14.7. The van der Waals surface area contributed by atoms with Gasteiger partial charge < -0.3 is 20.1 Å². The van der Waals surface area contributed by atoms with E-state index in [4.69, 9.17) is 15.2 Å². The highest BCUT2D eigenvalue weighted by molar-refractivity contribution is 6.09. The van der Waals surface area contributed by atoms with Crippen LogP contribution in [-0.4, -0.2) is 26.1 Å². The van der Waals surface area contributed by atoms with Gasteiger partial charge in [0.05, 0.1) is 12.8 Å². The quantitative estimate of drug-likeness (QED) is 0.851. The Hall–Kier alpha value is -2.79. The lowest BCUT2D eigenvalue weighted by molar-refractivity contribution is -0.117. The Balaban J connectivity index is 2.00. The highest BCUT2D eigenvalue weighted by Crippen LogP contribution is 2.36. The van der Waals surface area contributed by atoms with Crippen molar-refractivity contribution < 1.29 is 14.3 Å². The van der Waals surface area contributed by atoms with Crippen LogP contribution in [0.15, 0.2) is 48.2 Å². The van der Waals surface area contributed by atoms with Crippen LogP contribution in [-0.2, 0) is 4.79 Å². The summed E-state index contributed by atoms with van der Waals surface area (Å²) >= 11 is 0. The molecule has 1 aliphatic rings. The molecular weight excluding hydrogens is 316 g/mol. The molecule has 0 aromatic heterocycles. The van der Waals surface area contributed by atoms with E-state index in [0.29, 0.717) is 24.6 Å². The molecule has 0 unspecified atom stereocenters. The predicted molar refractivity (Wildman–Crippen MR) is 98.8 cm³/mol. The molecule has 5 nitrogen and oxygen atoms in total. The molecule has 0 atom stereocenters. The lowest BCUT2D eigenvalue weighted by Gasteiger charge is -2.30. The highest BCUT2D eigenvalue weighted by atomic mass is 16.5. The number of aryl methyl sites for hydroxylation is 1. The van der Waals surface area contributed by atoms with Crippen LogP contribution < -0.4 is 20.1 Å². The number of amides is 1. The van der Waals surface area contributed by atoms with Gasteiger partial charge in [0.25, 0.3) is 5.91 Å². The Morgan fingerprint density at radius 2 is 2.08 bits per heavy atom. The zero-order valence-corrected chi connectivity index (χ0v) is 14.5. The number of ether oxygens (including phenoxy) is 2. The molecule has 25 heavy (non-hydrogen) atoms. The minimum absolute atomic E-state index is 0.158. The second-order valence-corrected chi connectivity index (χ2v) is 5.96. The molecule has 2 aromatic rings. The summed E-state index contributed by atoms with van der Waals surface area (Å²) in [6, 6.07) is 13.3. The molecule has 1 aliphatic heterocycles. The molecule has 130 valence electrons. The molecule has 1 amide bonds. The van der Waals surface area contributed by atoms with E-state index in [2.05, 4.69) is 0 Å². The molecule has 2 aromatic carbocycles. The van der Waals surface area contributed by atoms with Gasteiger partial charge in [0.15, 0.2) is 11.5 Å². The SMILES string of the molecule is COc1cccc(/C=C2/Oc3ccc(C)cc3N(CCCN)C2=O)c1. The van der Waals surface area contributed by atoms with Gasteiger partial charge in [0.2, 0.25) is 0 Å². The molecule has 0 aliphatic carbocycles. The van der Waals surface area contributed by atoms with E-state index < -0.39 is 0 Å². The van der Waals surface area contributed by atoms with Crippen LogP contribution in [0.2, 0.25) is 0 Å². The van der Waals surface area contributed by atoms with Crippen molar-refractivity contribution in [3.63, 3.8) is 0 Å². The van der Waals surface area contributed by atoms with Crippen LogP contribution in [0.5, 0.6) is 11.5 Å². The Morgan fingerprint density at radius 3 is 2.84 bits per heavy atom. The van der Waals surface area contributed by atoms with E-state index >= 15 is 0 Å². The summed E-state index contributed by atoms with van der Waals surface area (Å²) in [6.07, 6.45) is 2.47. The molecule has 0 saturated carbocycles. The summed E-state index contributed by atoms with van der Waals surface area (Å²) < 4.78 is 11.1. The number of nitrogens with two attached hydrogens (primary N) is 1. The molecule has 0 bridgehead atoms. The number of hydrogen-bond acceptors (Lipinski definition) is 4. The van der Waals surface area contributed by atoms with Crippen LogP contribution in [0.1, 0.15) is 17.5 Å². The average Bonchev–Trinajstić information content (AvgIpc) is 2.62. The number of methoxy groups -OCH3 is 1. The lowest BCUT2D eigenvalue weighted by atomic mass is 10.1. The second kappa shape index (κ2) is 7.40. The van der Waals surface area contributed by atoms with Gasteiger partial charge in [-0.1, -0.05) is 18.2 Å². The first-order valence-corrected chi connectivity index (χ1v) is 8.28. The smallest absolute Gasteiger partial charge is 0.294 e. The third kappa shape index (κ3) is 3.67. The zero-order valence-electron chi connectivity index (χ0n) is 14.5. The van der Waals surface area contributed by atoms with Crippen molar-refractivity contribution in [3.8, 4) is 11.5 Å². The number of hydrogen-bond donors (Lipinski definition) is 1. The largest absolute Gasteiger partial charge is 0.497 e. The monoisotopic (exact) mass is 338 g/mol. The number of carbonyl (C=O) groups excluding carboxylic acids is 1. The van der Waals surface area contributed by atoms with Gasteiger partial charge in [-0.05, 0) is 61.4 Å². The van der Waals surface area contributed by atoms with E-state index in [0.717, 1.165) is 29.0 Å². The number of fused-ring (bicyclic) bond motifs is 1. The van der Waals surface area contributed by atoms with E-state index in [-0.39, 0.29) is 5.91 Å².